The van der Waals surface area contributed by atoms with Crippen LogP contribution in [-0.4, -0.2) is 17.6 Å². The number of carbonyl (C=O) groups is 1. The topological polar surface area (TPSA) is 51.2 Å². The van der Waals surface area contributed by atoms with Crippen molar-refractivity contribution in [2.45, 2.75) is 6.92 Å². The Hall–Kier alpha value is -1.78. The first-order valence-electron chi connectivity index (χ1n) is 5.96. The van der Waals surface area contributed by atoms with Gasteiger partial charge in [0.05, 0.1) is 17.3 Å². The molecule has 1 heterocycles. The van der Waals surface area contributed by atoms with Crippen molar-refractivity contribution in [1.29, 1.82) is 0 Å². The first-order chi connectivity index (χ1) is 9.61. The van der Waals surface area contributed by atoms with E-state index in [4.69, 9.17) is 27.9 Å². The fourth-order valence-corrected chi connectivity index (χ4v) is 2.05. The van der Waals surface area contributed by atoms with Crippen LogP contribution in [0.3, 0.4) is 0 Å². The highest BCUT2D eigenvalue weighted by Gasteiger charge is 2.14. The van der Waals surface area contributed by atoms with Crippen LogP contribution in [0.1, 0.15) is 17.3 Å². The number of aromatic nitrogens is 1. The van der Waals surface area contributed by atoms with E-state index in [2.05, 4.69) is 10.3 Å². The van der Waals surface area contributed by atoms with E-state index >= 15 is 0 Å². The van der Waals surface area contributed by atoms with Crippen LogP contribution >= 0.6 is 23.2 Å². The zero-order chi connectivity index (χ0) is 14.5. The molecule has 4 nitrogen and oxygen atoms in total. The molecular formula is C14H12Cl2N2O2. The second-order valence-electron chi connectivity index (χ2n) is 3.87. The van der Waals surface area contributed by atoms with E-state index in [0.29, 0.717) is 33.7 Å². The van der Waals surface area contributed by atoms with Crippen molar-refractivity contribution in [2.24, 2.45) is 0 Å². The van der Waals surface area contributed by atoms with Gasteiger partial charge in [0.2, 0.25) is 0 Å². The van der Waals surface area contributed by atoms with Crippen LogP contribution in [0.15, 0.2) is 36.5 Å². The van der Waals surface area contributed by atoms with Crippen LogP contribution in [0.25, 0.3) is 0 Å². The van der Waals surface area contributed by atoms with Gasteiger partial charge in [-0.05, 0) is 37.3 Å². The Kier molecular flexibility index (Phi) is 4.82. The lowest BCUT2D eigenvalue weighted by Crippen LogP contribution is -2.09. The van der Waals surface area contributed by atoms with Gasteiger partial charge in [0, 0.05) is 11.2 Å². The van der Waals surface area contributed by atoms with Crippen LogP contribution in [0.5, 0.6) is 0 Å². The summed E-state index contributed by atoms with van der Waals surface area (Å²) in [5, 5.41) is 3.98. The van der Waals surface area contributed by atoms with Crippen LogP contribution in [0.2, 0.25) is 10.0 Å². The molecule has 0 aliphatic carbocycles. The van der Waals surface area contributed by atoms with E-state index in [1.54, 1.807) is 43.5 Å². The number of halogens is 2. The minimum absolute atomic E-state index is 0.300. The number of nitrogens with one attached hydrogen (secondary N) is 1. The average Bonchev–Trinajstić information content (AvgIpc) is 2.43. The molecule has 2 rings (SSSR count). The van der Waals surface area contributed by atoms with Crippen LogP contribution < -0.4 is 5.32 Å². The smallest absolute Gasteiger partial charge is 0.341 e. The molecule has 0 atom stereocenters. The van der Waals surface area contributed by atoms with Gasteiger partial charge in [-0.25, -0.2) is 9.78 Å². The van der Waals surface area contributed by atoms with Crippen molar-refractivity contribution in [1.82, 2.24) is 4.98 Å². The van der Waals surface area contributed by atoms with E-state index in [1.165, 1.54) is 0 Å². The lowest BCUT2D eigenvalue weighted by Gasteiger charge is -2.11. The Labute approximate surface area is 126 Å². The number of ether oxygens (including phenoxy) is 1. The molecule has 0 fully saturated rings. The number of carbonyl (C=O) groups excluding carboxylic acids is 1. The fraction of sp³-hybridized carbons (Fsp3) is 0.143. The number of pyridine rings is 1. The molecule has 1 aromatic heterocycles. The van der Waals surface area contributed by atoms with E-state index in [-0.39, 0.29) is 0 Å². The normalized spacial score (nSPS) is 10.2. The molecule has 20 heavy (non-hydrogen) atoms. The zero-order valence-corrected chi connectivity index (χ0v) is 12.2. The standard InChI is InChI=1S/C14H12Cl2N2O2/c1-2-20-14(19)10-4-3-7-17-13(10)18-12-6-5-9(15)8-11(12)16/h3-8H,2H2,1H3,(H,17,18). The summed E-state index contributed by atoms with van der Waals surface area (Å²) >= 11 is 11.9. The average molecular weight is 311 g/mol. The van der Waals surface area contributed by atoms with E-state index in [1.807, 2.05) is 0 Å². The molecule has 104 valence electrons. The summed E-state index contributed by atoms with van der Waals surface area (Å²) in [4.78, 5) is 16.0. The molecule has 0 amide bonds. The third-order valence-electron chi connectivity index (χ3n) is 2.49. The number of rotatable bonds is 4. The summed E-state index contributed by atoms with van der Waals surface area (Å²) in [7, 11) is 0. The molecule has 2 aromatic rings. The Morgan fingerprint density at radius 2 is 2.15 bits per heavy atom. The summed E-state index contributed by atoms with van der Waals surface area (Å²) < 4.78 is 4.98. The fourth-order valence-electron chi connectivity index (χ4n) is 1.60. The second-order valence-corrected chi connectivity index (χ2v) is 4.71. The Bertz CT molecular complexity index is 632. The highest BCUT2D eigenvalue weighted by molar-refractivity contribution is 6.36. The third kappa shape index (κ3) is 3.40. The molecule has 0 radical (unpaired) electrons. The molecular weight excluding hydrogens is 299 g/mol. The predicted molar refractivity (Wildman–Crippen MR) is 79.9 cm³/mol. The summed E-state index contributed by atoms with van der Waals surface area (Å²) in [6.45, 7) is 2.05. The molecule has 6 heteroatoms. The maximum atomic E-state index is 11.8. The predicted octanol–water partition coefficient (Wildman–Crippen LogP) is 4.31. The molecule has 0 saturated heterocycles. The van der Waals surface area contributed by atoms with Gasteiger partial charge in [-0.1, -0.05) is 23.2 Å². The van der Waals surface area contributed by atoms with Crippen molar-refractivity contribution < 1.29 is 9.53 Å². The number of hydrogen-bond donors (Lipinski definition) is 1. The third-order valence-corrected chi connectivity index (χ3v) is 3.04. The maximum absolute atomic E-state index is 11.8. The minimum Gasteiger partial charge on any atom is -0.462 e. The first-order valence-corrected chi connectivity index (χ1v) is 6.71. The molecule has 0 aliphatic heterocycles. The molecule has 0 aliphatic rings. The lowest BCUT2D eigenvalue weighted by atomic mass is 10.2. The summed E-state index contributed by atoms with van der Waals surface area (Å²) in [5.41, 5.74) is 0.959. The van der Waals surface area contributed by atoms with Crippen LogP contribution in [0, 0.1) is 0 Å². The zero-order valence-electron chi connectivity index (χ0n) is 10.7. The molecule has 0 unspecified atom stereocenters. The summed E-state index contributed by atoms with van der Waals surface area (Å²) in [5.74, 6) is -0.0524. The van der Waals surface area contributed by atoms with Gasteiger partial charge >= 0.3 is 5.97 Å². The maximum Gasteiger partial charge on any atom is 0.341 e. The SMILES string of the molecule is CCOC(=O)c1cccnc1Nc1ccc(Cl)cc1Cl. The highest BCUT2D eigenvalue weighted by Crippen LogP contribution is 2.28. The van der Waals surface area contributed by atoms with E-state index in [0.717, 1.165) is 0 Å². The van der Waals surface area contributed by atoms with Gasteiger partial charge in [0.15, 0.2) is 0 Å². The molecule has 0 spiro atoms. The first kappa shape index (κ1) is 14.6. The summed E-state index contributed by atoms with van der Waals surface area (Å²) in [6, 6.07) is 8.33. The van der Waals surface area contributed by atoms with E-state index in [9.17, 15) is 4.79 Å². The Morgan fingerprint density at radius 1 is 1.35 bits per heavy atom. The van der Waals surface area contributed by atoms with Gasteiger partial charge in [-0.2, -0.15) is 0 Å². The van der Waals surface area contributed by atoms with Gasteiger partial charge in [-0.15, -0.1) is 0 Å². The minimum atomic E-state index is -0.437. The monoisotopic (exact) mass is 310 g/mol. The molecule has 0 saturated carbocycles. The van der Waals surface area contributed by atoms with Gasteiger partial charge in [0.25, 0.3) is 0 Å². The van der Waals surface area contributed by atoms with Gasteiger partial charge in [0.1, 0.15) is 11.4 Å². The number of hydrogen-bond acceptors (Lipinski definition) is 4. The van der Waals surface area contributed by atoms with Crippen molar-refractivity contribution in [3.05, 3.63) is 52.1 Å². The van der Waals surface area contributed by atoms with Crippen LogP contribution in [-0.2, 0) is 4.74 Å². The van der Waals surface area contributed by atoms with Gasteiger partial charge < -0.3 is 10.1 Å². The number of nitrogens with zero attached hydrogens (tertiary/aromatic N) is 1. The Balaban J connectivity index is 2.31. The van der Waals surface area contributed by atoms with Crippen molar-refractivity contribution in [3.63, 3.8) is 0 Å². The van der Waals surface area contributed by atoms with Crippen molar-refractivity contribution in [3.8, 4) is 0 Å². The number of esters is 1. The molecule has 1 N–H and O–H groups in total. The second kappa shape index (κ2) is 6.59. The molecule has 1 aromatic carbocycles. The lowest BCUT2D eigenvalue weighted by molar-refractivity contribution is 0.0527. The summed E-state index contributed by atoms with van der Waals surface area (Å²) in [6.07, 6.45) is 1.58. The van der Waals surface area contributed by atoms with Crippen molar-refractivity contribution in [2.75, 3.05) is 11.9 Å². The highest BCUT2D eigenvalue weighted by atomic mass is 35.5. The van der Waals surface area contributed by atoms with Gasteiger partial charge in [-0.3, -0.25) is 0 Å². The Morgan fingerprint density at radius 3 is 2.85 bits per heavy atom. The number of anilines is 2. The van der Waals surface area contributed by atoms with Crippen molar-refractivity contribution >= 4 is 40.7 Å². The van der Waals surface area contributed by atoms with Crippen LogP contribution in [0.4, 0.5) is 11.5 Å². The quantitative estimate of drug-likeness (QED) is 0.855. The van der Waals surface area contributed by atoms with E-state index < -0.39 is 5.97 Å². The number of benzene rings is 1. The largest absolute Gasteiger partial charge is 0.462 e. The molecule has 0 bridgehead atoms.